The number of rotatable bonds is 1. The van der Waals surface area contributed by atoms with E-state index in [-0.39, 0.29) is 17.1 Å². The first-order valence-electron chi connectivity index (χ1n) is 8.68. The van der Waals surface area contributed by atoms with Crippen molar-refractivity contribution in [1.29, 1.82) is 10.8 Å². The first kappa shape index (κ1) is 17.3. The molecule has 1 aliphatic heterocycles. The minimum atomic E-state index is -0.672. The number of benzene rings is 3. The summed E-state index contributed by atoms with van der Waals surface area (Å²) in [5.41, 5.74) is 3.06. The predicted octanol–water partition coefficient (Wildman–Crippen LogP) is 5.34. The fourth-order valence-corrected chi connectivity index (χ4v) is 3.58. The summed E-state index contributed by atoms with van der Waals surface area (Å²) in [7, 11) is 0. The molecule has 3 aromatic carbocycles. The Labute approximate surface area is 156 Å². The normalized spacial score (nSPS) is 13.8. The van der Waals surface area contributed by atoms with Crippen LogP contribution < -0.4 is 5.32 Å². The fraction of sp³-hybridized carbons (Fsp3) is 0.182. The highest BCUT2D eigenvalue weighted by Gasteiger charge is 2.28. The molecule has 0 atom stereocenters. The van der Waals surface area contributed by atoms with Crippen LogP contribution in [-0.4, -0.2) is 11.7 Å². The summed E-state index contributed by atoms with van der Waals surface area (Å²) in [5, 5.41) is 20.8. The van der Waals surface area contributed by atoms with Crippen LogP contribution in [0.5, 0.6) is 0 Å². The van der Waals surface area contributed by atoms with E-state index in [0.29, 0.717) is 22.3 Å². The fourth-order valence-electron chi connectivity index (χ4n) is 3.58. The minimum Gasteiger partial charge on any atom is -0.325 e. The van der Waals surface area contributed by atoms with Gasteiger partial charge in [0, 0.05) is 22.8 Å². The molecule has 136 valence electrons. The summed E-state index contributed by atoms with van der Waals surface area (Å²) in [6.45, 7) is 6.34. The number of nitrogens with one attached hydrogen (secondary N) is 3. The third-order valence-electron chi connectivity index (χ3n) is 4.93. The summed E-state index contributed by atoms with van der Waals surface area (Å²) in [6, 6.07) is 11.2. The van der Waals surface area contributed by atoms with E-state index in [1.54, 1.807) is 0 Å². The molecule has 1 heterocycles. The van der Waals surface area contributed by atoms with E-state index in [1.165, 1.54) is 12.1 Å². The Morgan fingerprint density at radius 1 is 0.815 bits per heavy atom. The van der Waals surface area contributed by atoms with Gasteiger partial charge in [0.15, 0.2) is 0 Å². The molecule has 3 N–H and O–H groups in total. The first-order chi connectivity index (χ1) is 12.6. The molecule has 27 heavy (non-hydrogen) atoms. The molecule has 0 radical (unpaired) electrons. The Morgan fingerprint density at radius 2 is 1.48 bits per heavy atom. The maximum atomic E-state index is 13.9. The van der Waals surface area contributed by atoms with Crippen LogP contribution in [0.2, 0.25) is 0 Å². The lowest BCUT2D eigenvalue weighted by molar-refractivity contribution is 0.584. The number of fused-ring (bicyclic) bond motifs is 2. The lowest BCUT2D eigenvalue weighted by Gasteiger charge is -2.21. The van der Waals surface area contributed by atoms with Gasteiger partial charge in [-0.05, 0) is 45.5 Å². The molecule has 0 fully saturated rings. The summed E-state index contributed by atoms with van der Waals surface area (Å²) in [4.78, 5) is 0. The third-order valence-corrected chi connectivity index (χ3v) is 4.93. The first-order valence-corrected chi connectivity index (χ1v) is 8.68. The molecule has 0 unspecified atom stereocenters. The molecule has 0 spiro atoms. The van der Waals surface area contributed by atoms with Crippen molar-refractivity contribution in [2.24, 2.45) is 0 Å². The molecule has 3 nitrogen and oxygen atoms in total. The molecule has 0 bridgehead atoms. The van der Waals surface area contributed by atoms with E-state index < -0.39 is 11.6 Å². The van der Waals surface area contributed by atoms with Crippen molar-refractivity contribution in [3.8, 4) is 11.1 Å². The molecular weight excluding hydrogens is 344 g/mol. The molecule has 3 aromatic rings. The van der Waals surface area contributed by atoms with E-state index in [0.717, 1.165) is 22.4 Å². The van der Waals surface area contributed by atoms with E-state index >= 15 is 0 Å². The van der Waals surface area contributed by atoms with E-state index in [9.17, 15) is 8.78 Å². The van der Waals surface area contributed by atoms with Crippen LogP contribution in [0.1, 0.15) is 37.5 Å². The Kier molecular flexibility index (Phi) is 3.67. The van der Waals surface area contributed by atoms with Gasteiger partial charge in [0.1, 0.15) is 23.3 Å². The zero-order valence-corrected chi connectivity index (χ0v) is 15.3. The van der Waals surface area contributed by atoms with Gasteiger partial charge in [0.05, 0.1) is 0 Å². The zero-order chi connectivity index (χ0) is 19.5. The summed E-state index contributed by atoms with van der Waals surface area (Å²) >= 11 is 0. The van der Waals surface area contributed by atoms with Crippen LogP contribution in [0.25, 0.3) is 21.9 Å². The predicted molar refractivity (Wildman–Crippen MR) is 105 cm³/mol. The van der Waals surface area contributed by atoms with Gasteiger partial charge in [-0.25, -0.2) is 8.78 Å². The van der Waals surface area contributed by atoms with Gasteiger partial charge in [-0.1, -0.05) is 39.0 Å². The van der Waals surface area contributed by atoms with Gasteiger partial charge in [-0.2, -0.15) is 0 Å². The van der Waals surface area contributed by atoms with Crippen molar-refractivity contribution in [2.75, 3.05) is 0 Å². The number of hydrogen-bond acceptors (Lipinski definition) is 2. The van der Waals surface area contributed by atoms with Gasteiger partial charge in [-0.3, -0.25) is 10.8 Å². The molecule has 0 saturated heterocycles. The second-order valence-electron chi connectivity index (χ2n) is 7.89. The van der Waals surface area contributed by atoms with Gasteiger partial charge in [0.25, 0.3) is 0 Å². The highest BCUT2D eigenvalue weighted by atomic mass is 19.1. The van der Waals surface area contributed by atoms with Crippen molar-refractivity contribution in [3.05, 3.63) is 70.8 Å². The van der Waals surface area contributed by atoms with Crippen LogP contribution in [-0.2, 0) is 5.41 Å². The molecule has 4 rings (SSSR count). The van der Waals surface area contributed by atoms with E-state index in [1.807, 2.05) is 24.3 Å². The number of amidine groups is 2. The van der Waals surface area contributed by atoms with Crippen molar-refractivity contribution >= 4 is 22.4 Å². The molecule has 0 saturated carbocycles. The summed E-state index contributed by atoms with van der Waals surface area (Å²) in [5.74, 6) is -1.16. The molecule has 0 aromatic heterocycles. The van der Waals surface area contributed by atoms with Gasteiger partial charge >= 0.3 is 0 Å². The SMILES string of the molecule is CC(C)(C)c1ccc2c(-c3cc(F)cc(F)c3)c3c(cc2c1)C(=N)NC3=N. The molecule has 1 aliphatic rings. The summed E-state index contributed by atoms with van der Waals surface area (Å²) < 4.78 is 27.8. The van der Waals surface area contributed by atoms with Crippen molar-refractivity contribution in [2.45, 2.75) is 26.2 Å². The van der Waals surface area contributed by atoms with Crippen LogP contribution in [0.4, 0.5) is 8.78 Å². The number of halogens is 2. The molecule has 0 amide bonds. The minimum absolute atomic E-state index is 0.0587. The van der Waals surface area contributed by atoms with Gasteiger partial charge < -0.3 is 5.32 Å². The van der Waals surface area contributed by atoms with E-state index in [2.05, 4.69) is 26.1 Å². The largest absolute Gasteiger partial charge is 0.325 e. The monoisotopic (exact) mass is 363 g/mol. The van der Waals surface area contributed by atoms with Crippen LogP contribution in [0.3, 0.4) is 0 Å². The third kappa shape index (κ3) is 2.79. The Hall–Kier alpha value is -3.08. The van der Waals surface area contributed by atoms with Crippen molar-refractivity contribution in [3.63, 3.8) is 0 Å². The highest BCUT2D eigenvalue weighted by Crippen LogP contribution is 2.38. The zero-order valence-electron chi connectivity index (χ0n) is 15.3. The van der Waals surface area contributed by atoms with Crippen LogP contribution >= 0.6 is 0 Å². The van der Waals surface area contributed by atoms with Crippen LogP contribution in [0.15, 0.2) is 42.5 Å². The lowest BCUT2D eigenvalue weighted by atomic mass is 9.83. The maximum Gasteiger partial charge on any atom is 0.132 e. The van der Waals surface area contributed by atoms with E-state index in [4.69, 9.17) is 10.8 Å². The topological polar surface area (TPSA) is 59.7 Å². The molecule has 0 aliphatic carbocycles. The number of hydrogen-bond donors (Lipinski definition) is 3. The standard InChI is InChI=1S/C22H19F2N3/c1-22(2,3)13-4-5-16-11(6-13)9-17-19(21(26)27-20(17)25)18(16)12-7-14(23)10-15(24)8-12/h4-10H,1-3H3,(H3,25,26,27). The van der Waals surface area contributed by atoms with Crippen molar-refractivity contribution in [1.82, 2.24) is 5.32 Å². The highest BCUT2D eigenvalue weighted by molar-refractivity contribution is 6.28. The van der Waals surface area contributed by atoms with Crippen LogP contribution in [0, 0.1) is 22.5 Å². The Balaban J connectivity index is 2.13. The second kappa shape index (κ2) is 5.71. The smallest absolute Gasteiger partial charge is 0.132 e. The average molecular weight is 363 g/mol. The second-order valence-corrected chi connectivity index (χ2v) is 7.89. The lowest BCUT2D eigenvalue weighted by Crippen LogP contribution is -2.20. The molecular formula is C22H19F2N3. The summed E-state index contributed by atoms with van der Waals surface area (Å²) in [6.07, 6.45) is 0. The Morgan fingerprint density at radius 3 is 2.11 bits per heavy atom. The maximum absolute atomic E-state index is 13.9. The quantitative estimate of drug-likeness (QED) is 0.537. The van der Waals surface area contributed by atoms with Gasteiger partial charge in [0.2, 0.25) is 0 Å². The average Bonchev–Trinajstić information content (AvgIpc) is 2.84. The van der Waals surface area contributed by atoms with Gasteiger partial charge in [-0.15, -0.1) is 0 Å². The van der Waals surface area contributed by atoms with Crippen molar-refractivity contribution < 1.29 is 8.78 Å². The molecule has 5 heteroatoms. The Bertz CT molecular complexity index is 1120.